The van der Waals surface area contributed by atoms with Gasteiger partial charge >= 0.3 is 11.8 Å². The molecule has 4 aromatic heterocycles. The van der Waals surface area contributed by atoms with E-state index in [1.54, 1.807) is 29.6 Å². The van der Waals surface area contributed by atoms with Crippen LogP contribution in [-0.2, 0) is 11.2 Å². The Morgan fingerprint density at radius 3 is 2.19 bits per heavy atom. The average Bonchev–Trinajstić information content (AvgIpc) is 3.16. The van der Waals surface area contributed by atoms with E-state index in [0.29, 0.717) is 17.2 Å². The molecule has 170 valence electrons. The molecule has 0 radical (unpaired) electrons. The Hall–Kier alpha value is -2.63. The molecule has 0 saturated heterocycles. The van der Waals surface area contributed by atoms with E-state index < -0.39 is 6.09 Å². The summed E-state index contributed by atoms with van der Waals surface area (Å²) < 4.78 is 5.20. The van der Waals surface area contributed by atoms with Crippen molar-refractivity contribution < 1.29 is 9.53 Å². The molecule has 0 aromatic carbocycles. The Balaban J connectivity index is 0.000000186. The average molecular weight is 492 g/mol. The highest BCUT2D eigenvalue weighted by molar-refractivity contribution is 7.71. The summed E-state index contributed by atoms with van der Waals surface area (Å²) in [5, 5.41) is 4.69. The number of ether oxygens (including phenoxy) is 1. The number of aromatic nitrogens is 4. The number of hydrogen-bond donors (Lipinski definition) is 3. The number of carbonyl (C=O) groups is 1. The van der Waals surface area contributed by atoms with Crippen molar-refractivity contribution in [2.24, 2.45) is 0 Å². The zero-order valence-electron chi connectivity index (χ0n) is 18.8. The molecule has 0 fully saturated rings. The number of fused-ring (bicyclic) bond motifs is 2. The summed E-state index contributed by atoms with van der Waals surface area (Å²) in [5.41, 5.74) is 3.09. The van der Waals surface area contributed by atoms with Gasteiger partial charge in [-0.15, -0.1) is 22.7 Å². The van der Waals surface area contributed by atoms with Crippen LogP contribution in [0.2, 0.25) is 0 Å². The fourth-order valence-corrected chi connectivity index (χ4v) is 5.60. The van der Waals surface area contributed by atoms with Crippen molar-refractivity contribution in [3.05, 3.63) is 41.8 Å². The summed E-state index contributed by atoms with van der Waals surface area (Å²) in [6, 6.07) is 0. The second-order valence-corrected chi connectivity index (χ2v) is 9.86. The van der Waals surface area contributed by atoms with Gasteiger partial charge < -0.3 is 14.7 Å². The molecule has 0 unspecified atom stereocenters. The molecule has 0 saturated carbocycles. The van der Waals surface area contributed by atoms with Crippen molar-refractivity contribution in [3.63, 3.8) is 0 Å². The van der Waals surface area contributed by atoms with Crippen molar-refractivity contribution in [2.45, 2.75) is 48.0 Å². The number of aryl methyl sites for hydroxylation is 5. The van der Waals surface area contributed by atoms with Crippen LogP contribution in [0.1, 0.15) is 40.4 Å². The number of thiophene rings is 2. The normalized spacial score (nSPS) is 10.8. The molecule has 0 spiro atoms. The van der Waals surface area contributed by atoms with E-state index in [1.807, 2.05) is 20.8 Å². The Kier molecular flexibility index (Phi) is 7.42. The van der Waals surface area contributed by atoms with Crippen LogP contribution in [0.4, 0.5) is 10.6 Å². The van der Waals surface area contributed by atoms with Gasteiger partial charge in [0.25, 0.3) is 0 Å². The van der Waals surface area contributed by atoms with Crippen LogP contribution in [-0.4, -0.2) is 32.6 Å². The number of aromatic amines is 2. The molecule has 3 N–H and O–H groups in total. The summed E-state index contributed by atoms with van der Waals surface area (Å²) >= 11 is 8.19. The Bertz CT molecular complexity index is 1410. The maximum absolute atomic E-state index is 11.5. The number of nitrogens with zero attached hydrogens (tertiary/aromatic N) is 2. The van der Waals surface area contributed by atoms with Crippen LogP contribution < -0.4 is 11.0 Å². The van der Waals surface area contributed by atoms with Crippen molar-refractivity contribution in [1.82, 2.24) is 19.9 Å². The molecular formula is C21H25N5O3S3. The molecule has 0 aliphatic rings. The monoisotopic (exact) mass is 491 g/mol. The molecule has 0 aliphatic heterocycles. The molecule has 4 rings (SSSR count). The minimum Gasteiger partial charge on any atom is -0.450 e. The fraction of sp³-hybridized carbons (Fsp3) is 0.381. The molecule has 0 bridgehead atoms. The van der Waals surface area contributed by atoms with Crippen LogP contribution in [0.5, 0.6) is 0 Å². The summed E-state index contributed by atoms with van der Waals surface area (Å²) in [7, 11) is 0. The third-order valence-corrected chi connectivity index (χ3v) is 7.43. The number of nitrogens with one attached hydrogen (secondary N) is 3. The summed E-state index contributed by atoms with van der Waals surface area (Å²) in [4.78, 5) is 40.7. The van der Waals surface area contributed by atoms with E-state index in [9.17, 15) is 9.59 Å². The highest BCUT2D eigenvalue weighted by atomic mass is 32.1. The van der Waals surface area contributed by atoms with Gasteiger partial charge in [-0.25, -0.2) is 14.6 Å². The van der Waals surface area contributed by atoms with Gasteiger partial charge in [0.05, 0.1) is 12.0 Å². The van der Waals surface area contributed by atoms with Gasteiger partial charge in [0.2, 0.25) is 0 Å². The summed E-state index contributed by atoms with van der Waals surface area (Å²) in [6.07, 6.45) is 0.338. The van der Waals surface area contributed by atoms with E-state index in [2.05, 4.69) is 39.1 Å². The zero-order valence-corrected chi connectivity index (χ0v) is 21.2. The second kappa shape index (κ2) is 9.88. The lowest BCUT2D eigenvalue weighted by Crippen LogP contribution is -2.14. The molecule has 0 atom stereocenters. The van der Waals surface area contributed by atoms with Gasteiger partial charge in [0.1, 0.15) is 15.5 Å². The van der Waals surface area contributed by atoms with Crippen LogP contribution in [0, 0.1) is 32.5 Å². The molecular weight excluding hydrogens is 466 g/mol. The highest BCUT2D eigenvalue weighted by Gasteiger charge is 2.14. The second-order valence-electron chi connectivity index (χ2n) is 7.06. The number of rotatable bonds is 3. The van der Waals surface area contributed by atoms with E-state index >= 15 is 0 Å². The quantitative estimate of drug-likeness (QED) is 0.317. The SMILES string of the molecule is CCOC(=O)Nc1[nH]c(=S)nc2sc(C)c(C)c12.CCc1[nH]c(=O)nc2sc(C)c(C)c12. The lowest BCUT2D eigenvalue weighted by atomic mass is 10.1. The minimum atomic E-state index is -0.501. The molecule has 4 heterocycles. The van der Waals surface area contributed by atoms with Crippen molar-refractivity contribution in [3.8, 4) is 0 Å². The first-order valence-electron chi connectivity index (χ1n) is 10.1. The predicted octanol–water partition coefficient (Wildman–Crippen LogP) is 5.70. The lowest BCUT2D eigenvalue weighted by molar-refractivity contribution is 0.168. The summed E-state index contributed by atoms with van der Waals surface area (Å²) in [6.45, 7) is 12.3. The first-order chi connectivity index (χ1) is 15.2. The molecule has 0 aliphatic carbocycles. The van der Waals surface area contributed by atoms with Gasteiger partial charge in [-0.1, -0.05) is 6.92 Å². The molecule has 1 amide bonds. The summed E-state index contributed by atoms with van der Waals surface area (Å²) in [5.74, 6) is 0.547. The number of H-pyrrole nitrogens is 2. The molecule has 32 heavy (non-hydrogen) atoms. The largest absolute Gasteiger partial charge is 0.450 e. The molecule has 11 heteroatoms. The minimum absolute atomic E-state index is 0.240. The van der Waals surface area contributed by atoms with Gasteiger partial charge in [0, 0.05) is 20.8 Å². The number of amides is 1. The third kappa shape index (κ3) is 4.89. The maximum Gasteiger partial charge on any atom is 0.412 e. The van der Waals surface area contributed by atoms with E-state index in [0.717, 1.165) is 43.0 Å². The maximum atomic E-state index is 11.5. The topological polar surface area (TPSA) is 113 Å². The van der Waals surface area contributed by atoms with Crippen LogP contribution in [0.25, 0.3) is 20.4 Å². The number of hydrogen-bond acceptors (Lipinski definition) is 8. The Labute approximate surface area is 198 Å². The third-order valence-electron chi connectivity index (χ3n) is 5.04. The predicted molar refractivity (Wildman–Crippen MR) is 134 cm³/mol. The van der Waals surface area contributed by atoms with Gasteiger partial charge in [-0.2, -0.15) is 4.98 Å². The van der Waals surface area contributed by atoms with E-state index in [4.69, 9.17) is 17.0 Å². The van der Waals surface area contributed by atoms with Crippen molar-refractivity contribution >= 4 is 67.2 Å². The van der Waals surface area contributed by atoms with Gasteiger partial charge in [-0.3, -0.25) is 5.32 Å². The van der Waals surface area contributed by atoms with Crippen LogP contribution >= 0.6 is 34.9 Å². The standard InChI is InChI=1S/C11H13N3O2S2.C10H12N2OS/c1-4-16-11(15)13-8-7-5(2)6(3)18-9(7)14-10(17)12-8;1-4-7-8-5(2)6(3)14-9(8)12-10(13)11-7/h4H2,1-3H3,(H2,12,13,14,15,17);4H2,1-3H3,(H,11,12,13). The van der Waals surface area contributed by atoms with Crippen molar-refractivity contribution in [1.29, 1.82) is 0 Å². The molecule has 8 nitrogen and oxygen atoms in total. The first kappa shape index (κ1) is 24.0. The number of carbonyl (C=O) groups excluding carboxylic acids is 1. The van der Waals surface area contributed by atoms with E-state index in [-0.39, 0.29) is 5.69 Å². The van der Waals surface area contributed by atoms with Gasteiger partial charge in [-0.05, 0) is 64.4 Å². The fourth-order valence-electron chi connectivity index (χ4n) is 3.25. The van der Waals surface area contributed by atoms with Gasteiger partial charge in [0.15, 0.2) is 4.77 Å². The molecule has 4 aromatic rings. The Morgan fingerprint density at radius 1 is 1.00 bits per heavy atom. The van der Waals surface area contributed by atoms with Crippen LogP contribution in [0.15, 0.2) is 4.79 Å². The highest BCUT2D eigenvalue weighted by Crippen LogP contribution is 2.33. The lowest BCUT2D eigenvalue weighted by Gasteiger charge is -2.07. The van der Waals surface area contributed by atoms with E-state index in [1.165, 1.54) is 10.4 Å². The Morgan fingerprint density at radius 2 is 1.59 bits per heavy atom. The first-order valence-corrected chi connectivity index (χ1v) is 12.1. The smallest absolute Gasteiger partial charge is 0.412 e. The zero-order chi connectivity index (χ0) is 23.6. The number of anilines is 1. The van der Waals surface area contributed by atoms with Crippen molar-refractivity contribution in [2.75, 3.05) is 11.9 Å². The van der Waals surface area contributed by atoms with Crippen LogP contribution in [0.3, 0.4) is 0 Å².